The number of aromatic nitrogens is 1. The Morgan fingerprint density at radius 1 is 1.10 bits per heavy atom. The molecule has 6 nitrogen and oxygen atoms in total. The van der Waals surface area contributed by atoms with Gasteiger partial charge >= 0.3 is 0 Å². The number of aryl methyl sites for hydroxylation is 1. The molecule has 0 radical (unpaired) electrons. The van der Waals surface area contributed by atoms with Crippen LogP contribution < -0.4 is 5.32 Å². The SMILES string of the molecule is Cc1nc(-c2ccccc2)ccc1C(=O)N1CSCC1C(=O)Nc1ccc(C#N)cc1. The number of benzene rings is 2. The average Bonchev–Trinajstić information content (AvgIpc) is 3.30. The summed E-state index contributed by atoms with van der Waals surface area (Å²) in [6, 6.07) is 21.5. The lowest BCUT2D eigenvalue weighted by Gasteiger charge is -2.24. The number of hydrogen-bond acceptors (Lipinski definition) is 5. The molecule has 1 unspecified atom stereocenters. The van der Waals surface area contributed by atoms with Crippen LogP contribution in [0.25, 0.3) is 11.3 Å². The molecular weight excluding hydrogens is 408 g/mol. The first-order valence-corrected chi connectivity index (χ1v) is 10.9. The van der Waals surface area contributed by atoms with Gasteiger partial charge in [-0.15, -0.1) is 11.8 Å². The third-order valence-corrected chi connectivity index (χ3v) is 6.13. The fourth-order valence-electron chi connectivity index (χ4n) is 3.43. The molecule has 2 amide bonds. The van der Waals surface area contributed by atoms with E-state index in [1.54, 1.807) is 47.0 Å². The van der Waals surface area contributed by atoms with Gasteiger partial charge in [0.05, 0.1) is 34.5 Å². The van der Waals surface area contributed by atoms with E-state index in [0.717, 1.165) is 11.3 Å². The molecule has 1 aromatic heterocycles. The molecule has 1 saturated heterocycles. The summed E-state index contributed by atoms with van der Waals surface area (Å²) in [6.45, 7) is 1.81. The van der Waals surface area contributed by atoms with E-state index in [1.807, 2.05) is 49.4 Å². The molecule has 31 heavy (non-hydrogen) atoms. The molecule has 2 aromatic carbocycles. The molecule has 1 atom stereocenters. The molecule has 0 aliphatic carbocycles. The maximum absolute atomic E-state index is 13.2. The van der Waals surface area contributed by atoms with E-state index in [-0.39, 0.29) is 11.8 Å². The Hall–Kier alpha value is -3.63. The second kappa shape index (κ2) is 9.02. The van der Waals surface area contributed by atoms with E-state index >= 15 is 0 Å². The van der Waals surface area contributed by atoms with Crippen LogP contribution in [0.3, 0.4) is 0 Å². The van der Waals surface area contributed by atoms with Crippen molar-refractivity contribution in [2.24, 2.45) is 0 Å². The molecule has 0 saturated carbocycles. The number of pyridine rings is 1. The Morgan fingerprint density at radius 3 is 2.52 bits per heavy atom. The zero-order valence-electron chi connectivity index (χ0n) is 16.9. The predicted molar refractivity (Wildman–Crippen MR) is 121 cm³/mol. The highest BCUT2D eigenvalue weighted by molar-refractivity contribution is 7.99. The summed E-state index contributed by atoms with van der Waals surface area (Å²) in [5, 5.41) is 11.7. The fourth-order valence-corrected chi connectivity index (χ4v) is 4.58. The summed E-state index contributed by atoms with van der Waals surface area (Å²) in [5.41, 5.74) is 4.04. The van der Waals surface area contributed by atoms with Gasteiger partial charge in [-0.05, 0) is 43.3 Å². The van der Waals surface area contributed by atoms with Crippen molar-refractivity contribution < 1.29 is 9.59 Å². The molecule has 154 valence electrons. The number of carbonyl (C=O) groups is 2. The lowest BCUT2D eigenvalue weighted by atomic mass is 10.1. The molecule has 7 heteroatoms. The van der Waals surface area contributed by atoms with Crippen molar-refractivity contribution in [1.29, 1.82) is 5.26 Å². The Labute approximate surface area is 184 Å². The smallest absolute Gasteiger partial charge is 0.257 e. The van der Waals surface area contributed by atoms with E-state index in [1.165, 1.54) is 0 Å². The number of amides is 2. The molecule has 1 aliphatic heterocycles. The lowest BCUT2D eigenvalue weighted by molar-refractivity contribution is -0.119. The summed E-state index contributed by atoms with van der Waals surface area (Å²) in [7, 11) is 0. The van der Waals surface area contributed by atoms with Crippen molar-refractivity contribution in [1.82, 2.24) is 9.88 Å². The van der Waals surface area contributed by atoms with Crippen LogP contribution in [0.1, 0.15) is 21.6 Å². The molecule has 3 aromatic rings. The maximum atomic E-state index is 13.2. The van der Waals surface area contributed by atoms with Crippen LogP contribution >= 0.6 is 11.8 Å². The monoisotopic (exact) mass is 428 g/mol. The standard InChI is InChI=1S/C24H20N4O2S/c1-16-20(11-12-21(26-16)18-5-3-2-4-6-18)24(30)28-15-31-14-22(28)23(29)27-19-9-7-17(13-25)8-10-19/h2-12,22H,14-15H2,1H3,(H,27,29). The van der Waals surface area contributed by atoms with Gasteiger partial charge in [0.2, 0.25) is 5.91 Å². The minimum absolute atomic E-state index is 0.199. The van der Waals surface area contributed by atoms with Gasteiger partial charge in [0.15, 0.2) is 0 Å². The molecule has 0 spiro atoms. The van der Waals surface area contributed by atoms with Crippen molar-refractivity contribution in [2.45, 2.75) is 13.0 Å². The van der Waals surface area contributed by atoms with Crippen LogP contribution in [0.2, 0.25) is 0 Å². The van der Waals surface area contributed by atoms with Gasteiger partial charge in [0.1, 0.15) is 6.04 Å². The van der Waals surface area contributed by atoms with Gasteiger partial charge < -0.3 is 10.2 Å². The number of nitrogens with zero attached hydrogens (tertiary/aromatic N) is 3. The Kier molecular flexibility index (Phi) is 6.01. The number of nitrogens with one attached hydrogen (secondary N) is 1. The first-order chi connectivity index (χ1) is 15.1. The van der Waals surface area contributed by atoms with Gasteiger partial charge in [-0.2, -0.15) is 5.26 Å². The summed E-state index contributed by atoms with van der Waals surface area (Å²) >= 11 is 1.54. The zero-order valence-corrected chi connectivity index (χ0v) is 17.7. The molecule has 4 rings (SSSR count). The summed E-state index contributed by atoms with van der Waals surface area (Å²) in [6.07, 6.45) is 0. The van der Waals surface area contributed by atoms with E-state index in [0.29, 0.717) is 34.1 Å². The number of rotatable bonds is 4. The highest BCUT2D eigenvalue weighted by Gasteiger charge is 2.35. The van der Waals surface area contributed by atoms with Crippen LogP contribution in [0, 0.1) is 18.3 Å². The van der Waals surface area contributed by atoms with Crippen molar-refractivity contribution >= 4 is 29.3 Å². The highest BCUT2D eigenvalue weighted by atomic mass is 32.2. The van der Waals surface area contributed by atoms with Crippen molar-refractivity contribution in [3.05, 3.63) is 83.6 Å². The second-order valence-electron chi connectivity index (χ2n) is 7.16. The van der Waals surface area contributed by atoms with Gasteiger partial charge in [-0.1, -0.05) is 30.3 Å². The molecule has 1 fully saturated rings. The average molecular weight is 429 g/mol. The van der Waals surface area contributed by atoms with Crippen LogP contribution in [-0.2, 0) is 4.79 Å². The number of nitriles is 1. The fraction of sp³-hybridized carbons (Fsp3) is 0.167. The van der Waals surface area contributed by atoms with Crippen molar-refractivity contribution in [3.8, 4) is 17.3 Å². The van der Waals surface area contributed by atoms with Crippen LogP contribution in [0.15, 0.2) is 66.7 Å². The molecule has 0 bridgehead atoms. The molecular formula is C24H20N4O2S. The minimum Gasteiger partial charge on any atom is -0.324 e. The van der Waals surface area contributed by atoms with E-state index in [9.17, 15) is 9.59 Å². The number of carbonyl (C=O) groups excluding carboxylic acids is 2. The lowest BCUT2D eigenvalue weighted by Crippen LogP contribution is -2.44. The highest BCUT2D eigenvalue weighted by Crippen LogP contribution is 2.26. The normalized spacial score (nSPS) is 15.4. The molecule has 2 heterocycles. The van der Waals surface area contributed by atoms with Crippen molar-refractivity contribution in [2.75, 3.05) is 16.9 Å². The molecule has 1 aliphatic rings. The van der Waals surface area contributed by atoms with E-state index in [4.69, 9.17) is 5.26 Å². The first kappa shape index (κ1) is 20.6. The topological polar surface area (TPSA) is 86.1 Å². The van der Waals surface area contributed by atoms with Crippen LogP contribution in [-0.4, -0.2) is 39.4 Å². The maximum Gasteiger partial charge on any atom is 0.257 e. The predicted octanol–water partition coefficient (Wildman–Crippen LogP) is 4.08. The van der Waals surface area contributed by atoms with Crippen LogP contribution in [0.4, 0.5) is 5.69 Å². The number of thioether (sulfide) groups is 1. The van der Waals surface area contributed by atoms with Gasteiger partial charge in [0.25, 0.3) is 5.91 Å². The number of hydrogen-bond donors (Lipinski definition) is 1. The zero-order chi connectivity index (χ0) is 21.8. The second-order valence-corrected chi connectivity index (χ2v) is 8.16. The Bertz CT molecular complexity index is 1160. The van der Waals surface area contributed by atoms with Gasteiger partial charge in [-0.25, -0.2) is 0 Å². The van der Waals surface area contributed by atoms with E-state index < -0.39 is 6.04 Å². The van der Waals surface area contributed by atoms with Crippen molar-refractivity contribution in [3.63, 3.8) is 0 Å². The van der Waals surface area contributed by atoms with E-state index in [2.05, 4.69) is 10.3 Å². The molecule has 1 N–H and O–H groups in total. The number of anilines is 1. The van der Waals surface area contributed by atoms with Crippen LogP contribution in [0.5, 0.6) is 0 Å². The summed E-state index contributed by atoms with van der Waals surface area (Å²) in [4.78, 5) is 32.3. The van der Waals surface area contributed by atoms with Gasteiger partial charge in [0, 0.05) is 17.0 Å². The summed E-state index contributed by atoms with van der Waals surface area (Å²) < 4.78 is 0. The quantitative estimate of drug-likeness (QED) is 0.677. The Morgan fingerprint density at radius 2 is 1.84 bits per heavy atom. The first-order valence-electron chi connectivity index (χ1n) is 9.79. The minimum atomic E-state index is -0.568. The van der Waals surface area contributed by atoms with Gasteiger partial charge in [-0.3, -0.25) is 14.6 Å². The Balaban J connectivity index is 1.51. The third kappa shape index (κ3) is 4.44. The third-order valence-electron chi connectivity index (χ3n) is 5.11. The largest absolute Gasteiger partial charge is 0.324 e. The summed E-state index contributed by atoms with van der Waals surface area (Å²) in [5.74, 6) is 0.538.